The number of carbonyl (C=O) groups excluding carboxylic acids is 2. The van der Waals surface area contributed by atoms with E-state index in [9.17, 15) is 9.59 Å². The van der Waals surface area contributed by atoms with Gasteiger partial charge in [0.25, 0.3) is 0 Å². The predicted molar refractivity (Wildman–Crippen MR) is 95.0 cm³/mol. The van der Waals surface area contributed by atoms with Gasteiger partial charge in [-0.3, -0.25) is 9.69 Å². The molecule has 0 aromatic heterocycles. The van der Waals surface area contributed by atoms with Crippen LogP contribution in [0.15, 0.2) is 54.6 Å². The topological polar surface area (TPSA) is 49.4 Å². The second-order valence-electron chi connectivity index (χ2n) is 6.51. The van der Waals surface area contributed by atoms with Crippen molar-refractivity contribution in [3.63, 3.8) is 0 Å². The van der Waals surface area contributed by atoms with Gasteiger partial charge in [0, 0.05) is 10.7 Å². The number of β-lactam (4-membered cyclic amide) rings is 1. The Bertz CT molecular complexity index is 774. The van der Waals surface area contributed by atoms with E-state index < -0.39 is 11.6 Å². The molecule has 5 heteroatoms. The highest BCUT2D eigenvalue weighted by molar-refractivity contribution is 6.30. The first-order valence-electron chi connectivity index (χ1n) is 7.84. The number of benzene rings is 2. The van der Waals surface area contributed by atoms with Gasteiger partial charge in [-0.2, -0.15) is 0 Å². The zero-order chi connectivity index (χ0) is 17.3. The maximum atomic E-state index is 12.5. The number of halogens is 1. The number of para-hydroxylation sites is 1. The average molecular weight is 343 g/mol. The zero-order valence-electron chi connectivity index (χ0n) is 13.6. The molecule has 4 nitrogen and oxygen atoms in total. The summed E-state index contributed by atoms with van der Waals surface area (Å²) in [5, 5.41) is 3.42. The lowest BCUT2D eigenvalue weighted by Crippen LogP contribution is -2.71. The second kappa shape index (κ2) is 6.29. The molecule has 0 aliphatic carbocycles. The van der Waals surface area contributed by atoms with Gasteiger partial charge in [0.05, 0.1) is 11.5 Å². The third kappa shape index (κ3) is 3.02. The number of hydrogen-bond donors (Lipinski definition) is 1. The Morgan fingerprint density at radius 2 is 1.88 bits per heavy atom. The number of hydrogen-bond acceptors (Lipinski definition) is 2. The minimum Gasteiger partial charge on any atom is -0.307 e. The molecule has 1 aliphatic heterocycles. The number of urea groups is 1. The predicted octanol–water partition coefficient (Wildman–Crippen LogP) is 4.35. The van der Waals surface area contributed by atoms with Gasteiger partial charge in [-0.1, -0.05) is 41.9 Å². The number of nitrogens with one attached hydrogen (secondary N) is 1. The monoisotopic (exact) mass is 342 g/mol. The maximum absolute atomic E-state index is 12.5. The number of likely N-dealkylation sites (tertiary alicyclic amines) is 1. The summed E-state index contributed by atoms with van der Waals surface area (Å²) < 4.78 is 0. The van der Waals surface area contributed by atoms with Crippen molar-refractivity contribution in [2.45, 2.75) is 25.8 Å². The summed E-state index contributed by atoms with van der Waals surface area (Å²) in [5.41, 5.74) is 1.12. The van der Waals surface area contributed by atoms with Crippen LogP contribution < -0.4 is 5.32 Å². The minimum absolute atomic E-state index is 0.159. The number of nitrogens with zero attached hydrogens (tertiary/aromatic N) is 1. The Hall–Kier alpha value is -2.33. The molecule has 1 N–H and O–H groups in total. The molecule has 1 heterocycles. The van der Waals surface area contributed by atoms with Gasteiger partial charge in [0.2, 0.25) is 5.91 Å². The first-order valence-corrected chi connectivity index (χ1v) is 8.22. The van der Waals surface area contributed by atoms with Crippen molar-refractivity contribution in [3.05, 3.63) is 65.2 Å². The van der Waals surface area contributed by atoms with E-state index in [1.54, 1.807) is 18.2 Å². The molecular weight excluding hydrogens is 324 g/mol. The van der Waals surface area contributed by atoms with Gasteiger partial charge in [0.1, 0.15) is 0 Å². The van der Waals surface area contributed by atoms with Crippen molar-refractivity contribution in [1.82, 2.24) is 4.90 Å². The number of rotatable bonds is 3. The molecule has 1 atom stereocenters. The summed E-state index contributed by atoms with van der Waals surface area (Å²) in [5.74, 6) is -0.397. The van der Waals surface area contributed by atoms with Gasteiger partial charge in [-0.05, 0) is 50.1 Å². The van der Waals surface area contributed by atoms with E-state index in [0.29, 0.717) is 17.1 Å². The molecule has 1 aliphatic rings. The van der Waals surface area contributed by atoms with Crippen LogP contribution in [0, 0.1) is 5.92 Å². The standard InChI is InChI=1S/C19H19ClN2O2/c1-19(2)16(12-13-7-6-8-14(20)11-13)17(23)22(19)18(24)21-15-9-4-3-5-10-15/h3-11,16H,12H2,1-2H3,(H,21,24)/t16-/m0/s1. The van der Waals surface area contributed by atoms with Crippen LogP contribution in [0.5, 0.6) is 0 Å². The van der Waals surface area contributed by atoms with Crippen LogP contribution >= 0.6 is 11.6 Å². The highest BCUT2D eigenvalue weighted by Crippen LogP contribution is 2.40. The van der Waals surface area contributed by atoms with E-state index in [0.717, 1.165) is 5.56 Å². The van der Waals surface area contributed by atoms with Crippen LogP contribution in [0.3, 0.4) is 0 Å². The molecule has 1 saturated heterocycles. The number of amides is 3. The Labute approximate surface area is 146 Å². The van der Waals surface area contributed by atoms with Crippen LogP contribution in [0.25, 0.3) is 0 Å². The molecule has 0 unspecified atom stereocenters. The number of anilines is 1. The summed E-state index contributed by atoms with van der Waals surface area (Å²) in [6.07, 6.45) is 0.571. The van der Waals surface area contributed by atoms with E-state index in [4.69, 9.17) is 11.6 Å². The third-order valence-electron chi connectivity index (χ3n) is 4.50. The van der Waals surface area contributed by atoms with Gasteiger partial charge in [-0.15, -0.1) is 0 Å². The first-order chi connectivity index (χ1) is 11.4. The third-order valence-corrected chi connectivity index (χ3v) is 4.74. The Morgan fingerprint density at radius 1 is 1.17 bits per heavy atom. The molecule has 0 spiro atoms. The molecule has 24 heavy (non-hydrogen) atoms. The molecule has 1 fully saturated rings. The first kappa shape index (κ1) is 16.5. The molecule has 3 rings (SSSR count). The van der Waals surface area contributed by atoms with Crippen LogP contribution in [-0.4, -0.2) is 22.4 Å². The van der Waals surface area contributed by atoms with E-state index in [2.05, 4.69) is 5.32 Å². The quantitative estimate of drug-likeness (QED) is 0.843. The summed E-state index contributed by atoms with van der Waals surface area (Å²) in [6, 6.07) is 16.2. The molecule has 2 aromatic rings. The zero-order valence-corrected chi connectivity index (χ0v) is 14.4. The highest BCUT2D eigenvalue weighted by atomic mass is 35.5. The fourth-order valence-corrected chi connectivity index (χ4v) is 3.34. The van der Waals surface area contributed by atoms with Crippen molar-refractivity contribution >= 4 is 29.2 Å². The second-order valence-corrected chi connectivity index (χ2v) is 6.95. The molecule has 0 saturated carbocycles. The minimum atomic E-state index is -0.543. The largest absolute Gasteiger partial charge is 0.329 e. The van der Waals surface area contributed by atoms with Crippen LogP contribution in [0.4, 0.5) is 10.5 Å². The lowest BCUT2D eigenvalue weighted by Gasteiger charge is -2.52. The summed E-state index contributed by atoms with van der Waals surface area (Å²) in [4.78, 5) is 26.3. The van der Waals surface area contributed by atoms with Crippen LogP contribution in [0.2, 0.25) is 5.02 Å². The normalized spacial score (nSPS) is 18.9. The molecule has 0 bridgehead atoms. The summed E-state index contributed by atoms with van der Waals surface area (Å²) in [7, 11) is 0. The van der Waals surface area contributed by atoms with E-state index >= 15 is 0 Å². The van der Waals surface area contributed by atoms with Crippen molar-refractivity contribution in [2.75, 3.05) is 5.32 Å². The van der Waals surface area contributed by atoms with E-state index in [1.807, 2.05) is 50.2 Å². The van der Waals surface area contributed by atoms with E-state index in [-0.39, 0.29) is 11.8 Å². The summed E-state index contributed by atoms with van der Waals surface area (Å²) in [6.45, 7) is 3.82. The Balaban J connectivity index is 1.71. The fourth-order valence-electron chi connectivity index (χ4n) is 3.13. The van der Waals surface area contributed by atoms with Crippen molar-refractivity contribution in [2.24, 2.45) is 5.92 Å². The average Bonchev–Trinajstić information content (AvgIpc) is 2.53. The van der Waals surface area contributed by atoms with Crippen LogP contribution in [-0.2, 0) is 11.2 Å². The molecule has 0 radical (unpaired) electrons. The van der Waals surface area contributed by atoms with Gasteiger partial charge >= 0.3 is 6.03 Å². The molecule has 2 aromatic carbocycles. The number of imide groups is 1. The van der Waals surface area contributed by atoms with Crippen molar-refractivity contribution in [3.8, 4) is 0 Å². The van der Waals surface area contributed by atoms with E-state index in [1.165, 1.54) is 4.90 Å². The smallest absolute Gasteiger partial charge is 0.307 e. The number of carbonyl (C=O) groups is 2. The lowest BCUT2D eigenvalue weighted by atomic mass is 9.73. The molecule has 3 amide bonds. The highest BCUT2D eigenvalue weighted by Gasteiger charge is 2.56. The maximum Gasteiger partial charge on any atom is 0.329 e. The van der Waals surface area contributed by atoms with Crippen molar-refractivity contribution < 1.29 is 9.59 Å². The SMILES string of the molecule is CC1(C)[C@@H](Cc2cccc(Cl)c2)C(=O)N1C(=O)Nc1ccccc1. The van der Waals surface area contributed by atoms with Gasteiger partial charge < -0.3 is 5.32 Å². The van der Waals surface area contributed by atoms with Gasteiger partial charge in [-0.25, -0.2) is 4.79 Å². The molecular formula is C19H19ClN2O2. The van der Waals surface area contributed by atoms with Crippen molar-refractivity contribution in [1.29, 1.82) is 0 Å². The Kier molecular flexibility index (Phi) is 4.33. The fraction of sp³-hybridized carbons (Fsp3) is 0.263. The van der Waals surface area contributed by atoms with Crippen LogP contribution in [0.1, 0.15) is 19.4 Å². The Morgan fingerprint density at radius 3 is 2.50 bits per heavy atom. The lowest BCUT2D eigenvalue weighted by molar-refractivity contribution is -0.158. The summed E-state index contributed by atoms with van der Waals surface area (Å²) >= 11 is 6.01. The van der Waals surface area contributed by atoms with Gasteiger partial charge in [0.15, 0.2) is 0 Å². The molecule has 124 valence electrons.